The highest BCUT2D eigenvalue weighted by Gasteiger charge is 2.36. The highest BCUT2D eigenvalue weighted by molar-refractivity contribution is 7.94. The SMILES string of the molecule is CCCCCOC(=O)c1ccc(Nc2nc(NCCC[Si](C)(OSC)O[Si](C)(C)C)nc(Nc3ccc(C(=O)OCCCCC)cc3)n2)cc1. The van der Waals surface area contributed by atoms with E-state index < -0.39 is 16.9 Å². The second kappa shape index (κ2) is 21.0. The zero-order valence-corrected chi connectivity index (χ0v) is 33.4. The Morgan fingerprint density at radius 1 is 0.680 bits per heavy atom. The van der Waals surface area contributed by atoms with Crippen LogP contribution in [0.1, 0.15) is 79.5 Å². The Hall–Kier alpha value is -3.51. The van der Waals surface area contributed by atoms with E-state index in [2.05, 4.69) is 70.9 Å². The first-order valence-corrected chi connectivity index (χ1v) is 24.5. The predicted molar refractivity (Wildman–Crippen MR) is 207 cm³/mol. The summed E-state index contributed by atoms with van der Waals surface area (Å²) in [4.78, 5) is 38.7. The molecule has 1 heterocycles. The molecule has 3 N–H and O–H groups in total. The Bertz CT molecular complexity index is 1390. The third kappa shape index (κ3) is 15.2. The minimum Gasteiger partial charge on any atom is -0.462 e. The molecule has 0 radical (unpaired) electrons. The van der Waals surface area contributed by atoms with E-state index in [1.165, 1.54) is 12.0 Å². The fourth-order valence-corrected chi connectivity index (χ4v) is 13.5. The molecule has 0 aliphatic heterocycles. The number of hydrogen-bond donors (Lipinski definition) is 3. The molecule has 12 nitrogen and oxygen atoms in total. The van der Waals surface area contributed by atoms with E-state index in [1.54, 1.807) is 48.5 Å². The molecule has 0 spiro atoms. The first kappa shape index (κ1) is 40.9. The second-order valence-corrected chi connectivity index (χ2v) is 21.8. The summed E-state index contributed by atoms with van der Waals surface area (Å²) in [7, 11) is -4.13. The largest absolute Gasteiger partial charge is 0.462 e. The van der Waals surface area contributed by atoms with Gasteiger partial charge in [-0.25, -0.2) is 9.59 Å². The van der Waals surface area contributed by atoms with Crippen molar-refractivity contribution in [3.05, 3.63) is 59.7 Å². The number of rotatable bonds is 23. The van der Waals surface area contributed by atoms with Gasteiger partial charge in [-0.1, -0.05) is 39.5 Å². The molecule has 274 valence electrons. The Labute approximate surface area is 303 Å². The smallest absolute Gasteiger partial charge is 0.338 e. The van der Waals surface area contributed by atoms with Gasteiger partial charge < -0.3 is 33.4 Å². The maximum absolute atomic E-state index is 12.4. The van der Waals surface area contributed by atoms with Gasteiger partial charge in [-0.15, -0.1) is 0 Å². The predicted octanol–water partition coefficient (Wildman–Crippen LogP) is 9.07. The molecule has 0 saturated heterocycles. The van der Waals surface area contributed by atoms with Crippen LogP contribution in [-0.4, -0.2) is 69.8 Å². The first-order valence-electron chi connectivity index (χ1n) is 17.4. The monoisotopic (exact) mass is 742 g/mol. The number of nitrogens with one attached hydrogen (secondary N) is 3. The topological polar surface area (TPSA) is 146 Å². The van der Waals surface area contributed by atoms with Crippen LogP contribution in [0.2, 0.25) is 32.2 Å². The van der Waals surface area contributed by atoms with Gasteiger partial charge in [-0.2, -0.15) is 15.0 Å². The molecule has 3 rings (SSSR count). The number of benzene rings is 2. The van der Waals surface area contributed by atoms with Gasteiger partial charge in [-0.05, 0) is 112 Å². The van der Waals surface area contributed by atoms with Gasteiger partial charge in [0, 0.05) is 24.2 Å². The van der Waals surface area contributed by atoms with Crippen molar-refractivity contribution in [2.75, 3.05) is 42.0 Å². The highest BCUT2D eigenvalue weighted by atomic mass is 32.2. The van der Waals surface area contributed by atoms with E-state index in [-0.39, 0.29) is 11.9 Å². The lowest BCUT2D eigenvalue weighted by Gasteiger charge is -2.32. The molecule has 2 aromatic carbocycles. The van der Waals surface area contributed by atoms with Gasteiger partial charge in [0.1, 0.15) is 0 Å². The highest BCUT2D eigenvalue weighted by Crippen LogP contribution is 2.25. The molecule has 0 fully saturated rings. The van der Waals surface area contributed by atoms with Crippen LogP contribution in [0.25, 0.3) is 0 Å². The lowest BCUT2D eigenvalue weighted by atomic mass is 10.2. The number of anilines is 5. The van der Waals surface area contributed by atoms with Crippen molar-refractivity contribution < 1.29 is 27.1 Å². The number of ether oxygens (including phenoxy) is 2. The summed E-state index contributed by atoms with van der Waals surface area (Å²) >= 11 is 1.36. The normalized spacial score (nSPS) is 12.5. The van der Waals surface area contributed by atoms with Gasteiger partial charge >= 0.3 is 20.5 Å². The lowest BCUT2D eigenvalue weighted by Crippen LogP contribution is -2.46. The fraction of sp³-hybridized carbons (Fsp3) is 0.514. The maximum atomic E-state index is 12.4. The van der Waals surface area contributed by atoms with Crippen LogP contribution in [0.15, 0.2) is 48.5 Å². The van der Waals surface area contributed by atoms with Crippen molar-refractivity contribution in [3.63, 3.8) is 0 Å². The molecular weight excluding hydrogens is 689 g/mol. The third-order valence-corrected chi connectivity index (χ3v) is 14.7. The molecule has 1 aromatic heterocycles. The van der Waals surface area contributed by atoms with Crippen molar-refractivity contribution >= 4 is 70.1 Å². The quantitative estimate of drug-likeness (QED) is 0.0368. The fourth-order valence-electron chi connectivity index (χ4n) is 4.95. The Balaban J connectivity index is 1.73. The molecule has 0 saturated carbocycles. The number of aromatic nitrogens is 3. The Kier molecular flexibility index (Phi) is 17.2. The number of esters is 2. The van der Waals surface area contributed by atoms with E-state index in [1.807, 2.05) is 6.26 Å². The van der Waals surface area contributed by atoms with Crippen LogP contribution >= 0.6 is 12.0 Å². The molecule has 1 unspecified atom stereocenters. The average molecular weight is 743 g/mol. The number of hydrogen-bond acceptors (Lipinski definition) is 13. The minimum atomic E-state index is -2.35. The number of carbonyl (C=O) groups excluding carboxylic acids is 2. The van der Waals surface area contributed by atoms with Crippen LogP contribution in [-0.2, 0) is 17.5 Å². The lowest BCUT2D eigenvalue weighted by molar-refractivity contribution is 0.0489. The van der Waals surface area contributed by atoms with Crippen molar-refractivity contribution in [3.8, 4) is 0 Å². The summed E-state index contributed by atoms with van der Waals surface area (Å²) in [6.45, 7) is 14.3. The summed E-state index contributed by atoms with van der Waals surface area (Å²) in [5, 5.41) is 9.77. The number of carbonyl (C=O) groups is 2. The molecule has 0 amide bonds. The Morgan fingerprint density at radius 2 is 1.14 bits per heavy atom. The van der Waals surface area contributed by atoms with Crippen LogP contribution in [0.3, 0.4) is 0 Å². The number of nitrogens with zero attached hydrogens (tertiary/aromatic N) is 3. The summed E-state index contributed by atoms with van der Waals surface area (Å²) in [5.74, 6) is 0.293. The molecule has 15 heteroatoms. The Morgan fingerprint density at radius 3 is 1.56 bits per heavy atom. The molecule has 0 aliphatic carbocycles. The average Bonchev–Trinajstić information content (AvgIpc) is 3.07. The van der Waals surface area contributed by atoms with Gasteiger partial charge in [0.05, 0.1) is 24.3 Å². The zero-order chi connectivity index (χ0) is 36.4. The van der Waals surface area contributed by atoms with Crippen LogP contribution < -0.4 is 16.0 Å². The molecule has 1 atom stereocenters. The van der Waals surface area contributed by atoms with E-state index in [0.717, 1.165) is 51.0 Å². The minimum absolute atomic E-state index is 0.305. The van der Waals surface area contributed by atoms with Crippen molar-refractivity contribution in [1.29, 1.82) is 0 Å². The third-order valence-electron chi connectivity index (χ3n) is 7.22. The van der Waals surface area contributed by atoms with Gasteiger partial charge in [0.15, 0.2) is 8.32 Å². The zero-order valence-electron chi connectivity index (χ0n) is 30.6. The summed E-state index contributed by atoms with van der Waals surface area (Å²) < 4.78 is 23.3. The van der Waals surface area contributed by atoms with Gasteiger partial charge in [0.2, 0.25) is 17.8 Å². The van der Waals surface area contributed by atoms with Crippen LogP contribution in [0, 0.1) is 0 Å². The molecule has 0 bridgehead atoms. The van der Waals surface area contributed by atoms with Gasteiger partial charge in [0.25, 0.3) is 0 Å². The standard InChI is InChI=1S/C35H54N6O6SSi2/c1-8-10-12-24-44-31(42)27-15-19-29(20-16-27)37-34-39-33(36-23-14-26-50(7,46-48-3)47-49(4,5)6)40-35(41-34)38-30-21-17-28(18-22-30)32(43)45-25-13-11-9-2/h15-22H,8-14,23-26H2,1-7H3,(H3,36,37,38,39,40,41). The molecule has 3 aromatic rings. The van der Waals surface area contributed by atoms with Crippen LogP contribution in [0.4, 0.5) is 29.2 Å². The summed E-state index contributed by atoms with van der Waals surface area (Å²) in [6, 6.07) is 14.8. The first-order chi connectivity index (χ1) is 23.9. The van der Waals surface area contributed by atoms with Crippen molar-refractivity contribution in [2.24, 2.45) is 0 Å². The van der Waals surface area contributed by atoms with Crippen molar-refractivity contribution in [2.45, 2.75) is 91.0 Å². The van der Waals surface area contributed by atoms with Gasteiger partial charge in [-0.3, -0.25) is 0 Å². The maximum Gasteiger partial charge on any atom is 0.338 e. The van der Waals surface area contributed by atoms with E-state index >= 15 is 0 Å². The van der Waals surface area contributed by atoms with Crippen LogP contribution in [0.5, 0.6) is 0 Å². The number of unbranched alkanes of at least 4 members (excludes halogenated alkanes) is 4. The second-order valence-electron chi connectivity index (χ2n) is 13.0. The van der Waals surface area contributed by atoms with E-state index in [9.17, 15) is 9.59 Å². The molecule has 50 heavy (non-hydrogen) atoms. The van der Waals surface area contributed by atoms with E-state index in [4.69, 9.17) is 17.5 Å². The summed E-state index contributed by atoms with van der Waals surface area (Å²) in [5.41, 5.74) is 2.33. The summed E-state index contributed by atoms with van der Waals surface area (Å²) in [6.07, 6.45) is 8.60. The molecule has 0 aliphatic rings. The molecular formula is C35H54N6O6SSi2. The van der Waals surface area contributed by atoms with Crippen molar-refractivity contribution in [1.82, 2.24) is 15.0 Å². The van der Waals surface area contributed by atoms with E-state index in [0.29, 0.717) is 60.1 Å².